The van der Waals surface area contributed by atoms with Crippen LogP contribution in [0.25, 0.3) is 43.1 Å². The van der Waals surface area contributed by atoms with E-state index in [1.54, 1.807) is 0 Å². The van der Waals surface area contributed by atoms with Gasteiger partial charge in [-0.25, -0.2) is 4.79 Å². The molecule has 3 heteroatoms. The van der Waals surface area contributed by atoms with Crippen molar-refractivity contribution in [2.24, 2.45) is 5.73 Å². The summed E-state index contributed by atoms with van der Waals surface area (Å²) in [6.45, 7) is 0. The van der Waals surface area contributed by atoms with Crippen molar-refractivity contribution in [1.82, 2.24) is 0 Å². The largest absolute Gasteiger partial charge is 0.351 e. The summed E-state index contributed by atoms with van der Waals surface area (Å²) < 4.78 is 0. The van der Waals surface area contributed by atoms with Crippen molar-refractivity contribution in [2.45, 2.75) is 0 Å². The number of benzene rings is 5. The molecule has 5 aromatic carbocycles. The summed E-state index contributed by atoms with van der Waals surface area (Å²) in [5.74, 6) is 0. The predicted molar refractivity (Wildman–Crippen MR) is 101 cm³/mol. The highest BCUT2D eigenvalue weighted by atomic mass is 16.2. The number of fused-ring (bicyclic) bond motifs is 2. The van der Waals surface area contributed by atoms with Crippen LogP contribution in [0.4, 0.5) is 10.5 Å². The van der Waals surface area contributed by atoms with Crippen molar-refractivity contribution in [1.29, 1.82) is 0 Å². The molecule has 5 rings (SSSR count). The van der Waals surface area contributed by atoms with Crippen molar-refractivity contribution in [3.8, 4) is 0 Å². The van der Waals surface area contributed by atoms with E-state index in [1.807, 2.05) is 12.1 Å². The van der Waals surface area contributed by atoms with Crippen LogP contribution in [0.5, 0.6) is 0 Å². The number of carbonyl (C=O) groups is 1. The van der Waals surface area contributed by atoms with E-state index >= 15 is 0 Å². The van der Waals surface area contributed by atoms with E-state index in [-0.39, 0.29) is 0 Å². The highest BCUT2D eigenvalue weighted by molar-refractivity contribution is 6.35. The van der Waals surface area contributed by atoms with Gasteiger partial charge >= 0.3 is 6.03 Å². The Kier molecular flexibility index (Phi) is 2.51. The molecule has 0 unspecified atom stereocenters. The molecule has 2 amide bonds. The molecule has 0 heterocycles. The van der Waals surface area contributed by atoms with E-state index in [1.165, 1.54) is 21.5 Å². The molecule has 0 aliphatic carbocycles. The van der Waals surface area contributed by atoms with Gasteiger partial charge in [0.05, 0.1) is 5.69 Å². The molecule has 24 heavy (non-hydrogen) atoms. The van der Waals surface area contributed by atoms with E-state index in [0.717, 1.165) is 27.2 Å². The average molecular weight is 310 g/mol. The number of nitrogens with two attached hydrogens (primary N) is 1. The minimum atomic E-state index is -0.547. The first-order valence-electron chi connectivity index (χ1n) is 7.89. The minimum Gasteiger partial charge on any atom is -0.351 e. The maximum Gasteiger partial charge on any atom is 0.316 e. The Bertz CT molecular complexity index is 1250. The molecule has 0 aliphatic rings. The molecular weight excluding hydrogens is 296 g/mol. The molecule has 0 atom stereocenters. The summed E-state index contributed by atoms with van der Waals surface area (Å²) in [6, 6.07) is 22.4. The van der Waals surface area contributed by atoms with Crippen LogP contribution >= 0.6 is 0 Å². The van der Waals surface area contributed by atoms with Crippen molar-refractivity contribution in [3.05, 3.63) is 66.7 Å². The van der Waals surface area contributed by atoms with Crippen LogP contribution in [-0.4, -0.2) is 6.03 Å². The second-order valence-corrected chi connectivity index (χ2v) is 6.09. The van der Waals surface area contributed by atoms with E-state index < -0.39 is 6.03 Å². The molecule has 0 aliphatic heterocycles. The third kappa shape index (κ3) is 1.64. The molecule has 0 fully saturated rings. The highest BCUT2D eigenvalue weighted by Crippen LogP contribution is 2.42. The van der Waals surface area contributed by atoms with Gasteiger partial charge in [-0.1, -0.05) is 60.7 Å². The standard InChI is InChI=1S/C21H14N2O/c22-21(24)23-17-11-10-13-6-2-8-15-14-7-1-4-12-5-3-9-16(18(12)14)20(17)19(13)15/h1-11H,(H3,22,23,24). The van der Waals surface area contributed by atoms with Gasteiger partial charge in [-0.15, -0.1) is 0 Å². The van der Waals surface area contributed by atoms with Crippen molar-refractivity contribution in [3.63, 3.8) is 0 Å². The fourth-order valence-electron chi connectivity index (χ4n) is 3.89. The quantitative estimate of drug-likeness (QED) is 0.323. The van der Waals surface area contributed by atoms with Gasteiger partial charge in [0, 0.05) is 5.39 Å². The Morgan fingerprint density at radius 3 is 1.92 bits per heavy atom. The second kappa shape index (κ2) is 4.59. The van der Waals surface area contributed by atoms with Crippen molar-refractivity contribution < 1.29 is 4.79 Å². The number of rotatable bonds is 1. The number of urea groups is 1. The monoisotopic (exact) mass is 310 g/mol. The Balaban J connectivity index is 2.16. The first-order chi connectivity index (χ1) is 11.7. The van der Waals surface area contributed by atoms with Crippen LogP contribution < -0.4 is 11.1 Å². The Hall–Kier alpha value is -3.33. The average Bonchev–Trinajstić information content (AvgIpc) is 2.59. The zero-order valence-electron chi connectivity index (χ0n) is 12.8. The third-order valence-electron chi connectivity index (χ3n) is 4.77. The van der Waals surface area contributed by atoms with Crippen LogP contribution in [0.2, 0.25) is 0 Å². The van der Waals surface area contributed by atoms with Crippen molar-refractivity contribution in [2.75, 3.05) is 5.32 Å². The second-order valence-electron chi connectivity index (χ2n) is 6.09. The molecule has 3 nitrogen and oxygen atoms in total. The lowest BCUT2D eigenvalue weighted by molar-refractivity contribution is 0.259. The van der Waals surface area contributed by atoms with E-state index in [2.05, 4.69) is 59.9 Å². The number of hydrogen-bond acceptors (Lipinski definition) is 1. The van der Waals surface area contributed by atoms with Crippen LogP contribution in [0.3, 0.4) is 0 Å². The molecule has 0 bridgehead atoms. The van der Waals surface area contributed by atoms with Crippen molar-refractivity contribution >= 4 is 54.8 Å². The van der Waals surface area contributed by atoms with Crippen LogP contribution in [0.15, 0.2) is 66.7 Å². The van der Waals surface area contributed by atoms with Gasteiger partial charge in [0.15, 0.2) is 0 Å². The van der Waals surface area contributed by atoms with Crippen LogP contribution in [0.1, 0.15) is 0 Å². The number of primary amides is 1. The minimum absolute atomic E-state index is 0.547. The van der Waals surface area contributed by atoms with Gasteiger partial charge in [-0.05, 0) is 43.8 Å². The molecule has 0 saturated carbocycles. The smallest absolute Gasteiger partial charge is 0.316 e. The fraction of sp³-hybridized carbons (Fsp3) is 0. The first kappa shape index (κ1) is 13.1. The van der Waals surface area contributed by atoms with E-state index in [0.29, 0.717) is 0 Å². The number of hydrogen-bond donors (Lipinski definition) is 2. The SMILES string of the molecule is NC(=O)Nc1ccc2cccc3c4cccc5cccc(c1c23)c54. The van der Waals surface area contributed by atoms with Gasteiger partial charge in [-0.3, -0.25) is 0 Å². The Morgan fingerprint density at radius 2 is 1.25 bits per heavy atom. The molecule has 0 radical (unpaired) electrons. The zero-order valence-corrected chi connectivity index (χ0v) is 12.8. The van der Waals surface area contributed by atoms with Gasteiger partial charge < -0.3 is 11.1 Å². The van der Waals surface area contributed by atoms with Gasteiger partial charge in [-0.2, -0.15) is 0 Å². The first-order valence-corrected chi connectivity index (χ1v) is 7.89. The zero-order chi connectivity index (χ0) is 16.3. The fourth-order valence-corrected chi connectivity index (χ4v) is 3.89. The Morgan fingerprint density at radius 1 is 0.667 bits per heavy atom. The molecule has 0 spiro atoms. The molecule has 0 aromatic heterocycles. The molecule has 0 saturated heterocycles. The normalized spacial score (nSPS) is 11.7. The number of carbonyl (C=O) groups excluding carboxylic acids is 1. The summed E-state index contributed by atoms with van der Waals surface area (Å²) in [7, 11) is 0. The number of anilines is 1. The summed E-state index contributed by atoms with van der Waals surface area (Å²) in [4.78, 5) is 11.5. The van der Waals surface area contributed by atoms with Gasteiger partial charge in [0.25, 0.3) is 0 Å². The lowest BCUT2D eigenvalue weighted by Crippen LogP contribution is -2.19. The summed E-state index contributed by atoms with van der Waals surface area (Å²) in [5.41, 5.74) is 6.14. The molecule has 5 aromatic rings. The van der Waals surface area contributed by atoms with Gasteiger partial charge in [0.2, 0.25) is 0 Å². The summed E-state index contributed by atoms with van der Waals surface area (Å²) in [6.07, 6.45) is 0. The van der Waals surface area contributed by atoms with E-state index in [9.17, 15) is 4.79 Å². The lowest BCUT2D eigenvalue weighted by Gasteiger charge is -2.17. The maximum atomic E-state index is 11.5. The van der Waals surface area contributed by atoms with E-state index in [4.69, 9.17) is 5.73 Å². The topological polar surface area (TPSA) is 55.1 Å². The predicted octanol–water partition coefficient (Wildman–Crippen LogP) is 5.23. The number of nitrogens with one attached hydrogen (secondary N) is 1. The third-order valence-corrected chi connectivity index (χ3v) is 4.77. The van der Waals surface area contributed by atoms with Crippen LogP contribution in [-0.2, 0) is 0 Å². The summed E-state index contributed by atoms with van der Waals surface area (Å²) in [5, 5.41) is 12.1. The number of amides is 2. The summed E-state index contributed by atoms with van der Waals surface area (Å²) >= 11 is 0. The lowest BCUT2D eigenvalue weighted by atomic mass is 9.89. The maximum absolute atomic E-state index is 11.5. The van der Waals surface area contributed by atoms with Crippen LogP contribution in [0, 0.1) is 0 Å². The molecule has 114 valence electrons. The molecular formula is C21H14N2O. The highest BCUT2D eigenvalue weighted by Gasteiger charge is 2.15. The molecule has 3 N–H and O–H groups in total. The van der Waals surface area contributed by atoms with Gasteiger partial charge in [0.1, 0.15) is 0 Å². The Labute approximate surface area is 138 Å².